The van der Waals surface area contributed by atoms with Crippen molar-refractivity contribution in [2.45, 2.75) is 25.7 Å². The quantitative estimate of drug-likeness (QED) is 0.452. The van der Waals surface area contributed by atoms with Gasteiger partial charge >= 0.3 is 0 Å². The average Bonchev–Trinajstić information content (AvgIpc) is 3.08. The highest BCUT2D eigenvalue weighted by molar-refractivity contribution is 8.00. The second-order valence-corrected chi connectivity index (χ2v) is 9.31. The molecule has 0 aliphatic carbocycles. The average molecular weight is 436 g/mol. The Morgan fingerprint density at radius 3 is 2.67 bits per heavy atom. The highest BCUT2D eigenvalue weighted by Crippen LogP contribution is 2.35. The van der Waals surface area contributed by atoms with Crippen LogP contribution in [0.15, 0.2) is 64.5 Å². The van der Waals surface area contributed by atoms with E-state index in [1.807, 2.05) is 63.2 Å². The summed E-state index contributed by atoms with van der Waals surface area (Å²) in [5, 5.41) is 0.536. The van der Waals surface area contributed by atoms with Crippen LogP contribution in [-0.2, 0) is 4.79 Å². The molecule has 30 heavy (non-hydrogen) atoms. The standard InChI is InChI=1S/C23H21N3O2S2/c1-14-9-10-15(2)18(11-14)29-12-19(27)25-26-13-24-22-21(23(26)28)20(16(3)30-22)17-7-5-4-6-8-17/h4-11,13H,12H2,1-3H3,(H,25,27). The van der Waals surface area contributed by atoms with E-state index < -0.39 is 0 Å². The maximum atomic E-state index is 13.2. The second-order valence-electron chi connectivity index (χ2n) is 7.09. The van der Waals surface area contributed by atoms with Crippen molar-refractivity contribution in [2.75, 3.05) is 11.2 Å². The molecule has 1 amide bonds. The lowest BCUT2D eigenvalue weighted by Gasteiger charge is -2.10. The Hall–Kier alpha value is -2.90. The number of carbonyl (C=O) groups is 1. The molecule has 0 aliphatic heterocycles. The molecule has 4 aromatic rings. The number of nitrogens with zero attached hydrogens (tertiary/aromatic N) is 2. The van der Waals surface area contributed by atoms with E-state index in [4.69, 9.17) is 0 Å². The molecule has 4 rings (SSSR count). The van der Waals surface area contributed by atoms with Gasteiger partial charge in [0.15, 0.2) is 0 Å². The van der Waals surface area contributed by atoms with Gasteiger partial charge in [0.05, 0.1) is 11.1 Å². The number of hydrogen-bond acceptors (Lipinski definition) is 5. The lowest BCUT2D eigenvalue weighted by Crippen LogP contribution is -2.34. The number of thiophene rings is 1. The number of carbonyl (C=O) groups excluding carboxylic acids is 1. The summed E-state index contributed by atoms with van der Waals surface area (Å²) < 4.78 is 1.19. The number of amides is 1. The van der Waals surface area contributed by atoms with E-state index in [0.717, 1.165) is 32.0 Å². The molecule has 0 saturated carbocycles. The third kappa shape index (κ3) is 4.04. The van der Waals surface area contributed by atoms with Crippen molar-refractivity contribution in [1.82, 2.24) is 9.66 Å². The molecular weight excluding hydrogens is 414 g/mol. The van der Waals surface area contributed by atoms with Crippen LogP contribution < -0.4 is 11.0 Å². The first-order chi connectivity index (χ1) is 14.4. The Morgan fingerprint density at radius 2 is 1.90 bits per heavy atom. The second kappa shape index (κ2) is 8.45. The zero-order valence-electron chi connectivity index (χ0n) is 16.9. The summed E-state index contributed by atoms with van der Waals surface area (Å²) in [6.45, 7) is 6.03. The normalized spacial score (nSPS) is 11.0. The first-order valence-electron chi connectivity index (χ1n) is 9.50. The fourth-order valence-corrected chi connectivity index (χ4v) is 5.23. The predicted octanol–water partition coefficient (Wildman–Crippen LogP) is 4.91. The fraction of sp³-hybridized carbons (Fsp3) is 0.174. The topological polar surface area (TPSA) is 64.0 Å². The van der Waals surface area contributed by atoms with Crippen molar-refractivity contribution in [3.05, 3.63) is 81.2 Å². The van der Waals surface area contributed by atoms with Crippen LogP contribution in [0.1, 0.15) is 16.0 Å². The first-order valence-corrected chi connectivity index (χ1v) is 11.3. The lowest BCUT2D eigenvalue weighted by molar-refractivity contribution is -0.114. The van der Waals surface area contributed by atoms with Crippen LogP contribution in [0.25, 0.3) is 21.3 Å². The molecule has 0 fully saturated rings. The van der Waals surface area contributed by atoms with Gasteiger partial charge in [-0.3, -0.25) is 15.0 Å². The summed E-state index contributed by atoms with van der Waals surface area (Å²) in [4.78, 5) is 32.8. The summed E-state index contributed by atoms with van der Waals surface area (Å²) in [5.41, 5.74) is 6.53. The van der Waals surface area contributed by atoms with Gasteiger partial charge in [0.25, 0.3) is 5.56 Å². The number of aryl methyl sites for hydroxylation is 3. The molecule has 0 spiro atoms. The molecule has 152 valence electrons. The van der Waals surface area contributed by atoms with Crippen LogP contribution >= 0.6 is 23.1 Å². The van der Waals surface area contributed by atoms with Gasteiger partial charge < -0.3 is 0 Å². The third-order valence-corrected chi connectivity index (χ3v) is 6.97. The van der Waals surface area contributed by atoms with Gasteiger partial charge in [0, 0.05) is 15.3 Å². The third-order valence-electron chi connectivity index (χ3n) is 4.80. The van der Waals surface area contributed by atoms with Gasteiger partial charge in [-0.1, -0.05) is 48.0 Å². The molecule has 0 bridgehead atoms. The molecular formula is C23H21N3O2S2. The van der Waals surface area contributed by atoms with E-state index in [2.05, 4.69) is 16.5 Å². The summed E-state index contributed by atoms with van der Waals surface area (Å²) in [6.07, 6.45) is 1.38. The summed E-state index contributed by atoms with van der Waals surface area (Å²) in [7, 11) is 0. The van der Waals surface area contributed by atoms with Crippen molar-refractivity contribution in [1.29, 1.82) is 0 Å². The van der Waals surface area contributed by atoms with Gasteiger partial charge in [0.2, 0.25) is 5.91 Å². The Bertz CT molecular complexity index is 1290. The Labute approximate surface area is 182 Å². The lowest BCUT2D eigenvalue weighted by atomic mass is 10.0. The van der Waals surface area contributed by atoms with Gasteiger partial charge in [-0.2, -0.15) is 0 Å². The number of thioether (sulfide) groups is 1. The van der Waals surface area contributed by atoms with Crippen LogP contribution in [0.5, 0.6) is 0 Å². The number of nitrogens with one attached hydrogen (secondary N) is 1. The Balaban J connectivity index is 1.60. The predicted molar refractivity (Wildman–Crippen MR) is 125 cm³/mol. The van der Waals surface area contributed by atoms with Crippen LogP contribution in [0.4, 0.5) is 0 Å². The van der Waals surface area contributed by atoms with E-state index in [9.17, 15) is 9.59 Å². The maximum absolute atomic E-state index is 13.2. The number of rotatable bonds is 5. The van der Waals surface area contributed by atoms with Gasteiger partial charge in [-0.05, 0) is 38.0 Å². The highest BCUT2D eigenvalue weighted by Gasteiger charge is 2.17. The SMILES string of the molecule is Cc1ccc(C)c(SCC(=O)Nn2cnc3sc(C)c(-c4ccccc4)c3c2=O)c1. The fourth-order valence-electron chi connectivity index (χ4n) is 3.31. The van der Waals surface area contributed by atoms with Crippen LogP contribution in [-0.4, -0.2) is 21.3 Å². The summed E-state index contributed by atoms with van der Waals surface area (Å²) >= 11 is 2.94. The molecule has 7 heteroatoms. The van der Waals surface area contributed by atoms with Crippen LogP contribution in [0.2, 0.25) is 0 Å². The number of fused-ring (bicyclic) bond motifs is 1. The molecule has 2 aromatic carbocycles. The minimum atomic E-state index is -0.270. The minimum Gasteiger partial charge on any atom is -0.272 e. The smallest absolute Gasteiger partial charge is 0.272 e. The molecule has 0 saturated heterocycles. The molecule has 0 unspecified atom stereocenters. The van der Waals surface area contributed by atoms with Crippen molar-refractivity contribution in [3.8, 4) is 11.1 Å². The maximum Gasteiger partial charge on any atom is 0.281 e. The summed E-state index contributed by atoms with van der Waals surface area (Å²) in [6, 6.07) is 15.9. The number of aromatic nitrogens is 2. The van der Waals surface area contributed by atoms with E-state index in [1.165, 1.54) is 34.1 Å². The summed E-state index contributed by atoms with van der Waals surface area (Å²) in [5.74, 6) is -0.0411. The zero-order valence-corrected chi connectivity index (χ0v) is 18.6. The van der Waals surface area contributed by atoms with Crippen molar-refractivity contribution in [2.24, 2.45) is 0 Å². The van der Waals surface area contributed by atoms with E-state index >= 15 is 0 Å². The Morgan fingerprint density at radius 1 is 1.13 bits per heavy atom. The largest absolute Gasteiger partial charge is 0.281 e. The van der Waals surface area contributed by atoms with Gasteiger partial charge in [-0.15, -0.1) is 23.1 Å². The number of benzene rings is 2. The van der Waals surface area contributed by atoms with Gasteiger partial charge in [-0.25, -0.2) is 9.66 Å². The Kier molecular flexibility index (Phi) is 5.74. The molecule has 5 nitrogen and oxygen atoms in total. The van der Waals surface area contributed by atoms with Crippen LogP contribution in [0.3, 0.4) is 0 Å². The van der Waals surface area contributed by atoms with E-state index in [0.29, 0.717) is 10.2 Å². The van der Waals surface area contributed by atoms with Gasteiger partial charge in [0.1, 0.15) is 11.2 Å². The van der Waals surface area contributed by atoms with Crippen LogP contribution in [0, 0.1) is 20.8 Å². The molecule has 0 atom stereocenters. The molecule has 1 N–H and O–H groups in total. The van der Waals surface area contributed by atoms with Crippen molar-refractivity contribution >= 4 is 39.2 Å². The van der Waals surface area contributed by atoms with Crippen molar-refractivity contribution < 1.29 is 4.79 Å². The molecule has 0 radical (unpaired) electrons. The first kappa shape index (κ1) is 20.4. The minimum absolute atomic E-state index is 0.211. The van der Waals surface area contributed by atoms with Crippen molar-refractivity contribution in [3.63, 3.8) is 0 Å². The number of hydrogen-bond donors (Lipinski definition) is 1. The van der Waals surface area contributed by atoms with E-state index in [-0.39, 0.29) is 17.2 Å². The van der Waals surface area contributed by atoms with E-state index in [1.54, 1.807) is 0 Å². The monoisotopic (exact) mass is 435 g/mol. The molecule has 2 aromatic heterocycles. The molecule has 2 heterocycles. The molecule has 0 aliphatic rings. The highest BCUT2D eigenvalue weighted by atomic mass is 32.2. The zero-order chi connectivity index (χ0) is 21.3.